The van der Waals surface area contributed by atoms with Gasteiger partial charge in [-0.05, 0) is 29.8 Å². The van der Waals surface area contributed by atoms with E-state index in [1.54, 1.807) is 6.20 Å². The number of para-hydroxylation sites is 1. The van der Waals surface area contributed by atoms with Crippen LogP contribution in [0.3, 0.4) is 0 Å². The van der Waals surface area contributed by atoms with Gasteiger partial charge in [0.25, 0.3) is 0 Å². The monoisotopic (exact) mass is 370 g/mol. The van der Waals surface area contributed by atoms with E-state index in [1.807, 2.05) is 24.3 Å². The molecule has 0 unspecified atom stereocenters. The smallest absolute Gasteiger partial charge is 0.326 e. The lowest BCUT2D eigenvalue weighted by Gasteiger charge is -2.13. The molecule has 3 N–H and O–H groups in total. The molecular formula is C20H16F2N2O3. The van der Waals surface area contributed by atoms with Gasteiger partial charge < -0.3 is 15.4 Å². The zero-order chi connectivity index (χ0) is 19.4. The number of carboxylic acids is 1. The zero-order valence-electron chi connectivity index (χ0n) is 14.1. The van der Waals surface area contributed by atoms with Crippen molar-refractivity contribution >= 4 is 28.9 Å². The van der Waals surface area contributed by atoms with E-state index in [2.05, 4.69) is 10.3 Å². The summed E-state index contributed by atoms with van der Waals surface area (Å²) in [7, 11) is 0. The number of carbonyl (C=O) groups excluding carboxylic acids is 1. The third-order valence-electron chi connectivity index (χ3n) is 4.11. The first-order chi connectivity index (χ1) is 13.0. The van der Waals surface area contributed by atoms with E-state index in [0.29, 0.717) is 0 Å². The Labute approximate surface area is 153 Å². The molecule has 5 nitrogen and oxygen atoms in total. The van der Waals surface area contributed by atoms with E-state index in [0.717, 1.165) is 40.8 Å². The number of nitrogens with one attached hydrogen (secondary N) is 2. The van der Waals surface area contributed by atoms with Gasteiger partial charge in [-0.3, -0.25) is 4.79 Å². The molecule has 0 spiro atoms. The molecule has 3 aromatic rings. The Morgan fingerprint density at radius 1 is 1.11 bits per heavy atom. The molecule has 0 aliphatic carbocycles. The number of halogens is 2. The molecule has 7 heteroatoms. The zero-order valence-corrected chi connectivity index (χ0v) is 14.1. The highest BCUT2D eigenvalue weighted by Gasteiger charge is 2.21. The maximum absolute atomic E-state index is 13.6. The summed E-state index contributed by atoms with van der Waals surface area (Å²) < 4.78 is 27.1. The highest BCUT2D eigenvalue weighted by Crippen LogP contribution is 2.19. The van der Waals surface area contributed by atoms with Crippen LogP contribution in [0.2, 0.25) is 0 Å². The van der Waals surface area contributed by atoms with E-state index in [1.165, 1.54) is 6.07 Å². The molecule has 0 aliphatic rings. The Morgan fingerprint density at radius 2 is 1.81 bits per heavy atom. The number of H-pyrrole nitrogens is 1. The predicted molar refractivity (Wildman–Crippen MR) is 97.0 cm³/mol. The summed E-state index contributed by atoms with van der Waals surface area (Å²) in [6.45, 7) is 0. The minimum atomic E-state index is -1.21. The van der Waals surface area contributed by atoms with Crippen LogP contribution in [0.25, 0.3) is 17.0 Å². The maximum atomic E-state index is 13.6. The van der Waals surface area contributed by atoms with Gasteiger partial charge in [-0.1, -0.05) is 24.3 Å². The van der Waals surface area contributed by atoms with Crippen LogP contribution in [0, 0.1) is 11.6 Å². The van der Waals surface area contributed by atoms with Crippen molar-refractivity contribution in [1.29, 1.82) is 0 Å². The first-order valence-corrected chi connectivity index (χ1v) is 8.16. The molecule has 138 valence electrons. The van der Waals surface area contributed by atoms with Crippen molar-refractivity contribution in [1.82, 2.24) is 10.3 Å². The summed E-state index contributed by atoms with van der Waals surface area (Å²) in [5, 5.41) is 12.6. The summed E-state index contributed by atoms with van der Waals surface area (Å²) in [5.41, 5.74) is 1.23. The number of hydrogen-bond donors (Lipinski definition) is 3. The first-order valence-electron chi connectivity index (χ1n) is 8.16. The number of aromatic amines is 1. The Balaban J connectivity index is 1.73. The van der Waals surface area contributed by atoms with Crippen molar-refractivity contribution in [2.45, 2.75) is 12.5 Å². The van der Waals surface area contributed by atoms with Crippen LogP contribution < -0.4 is 5.32 Å². The molecule has 0 bridgehead atoms. The lowest BCUT2D eigenvalue weighted by atomic mass is 10.0. The number of carboxylic acid groups (broad SMARTS) is 1. The van der Waals surface area contributed by atoms with Gasteiger partial charge in [0.1, 0.15) is 17.7 Å². The van der Waals surface area contributed by atoms with Crippen LogP contribution in [0.5, 0.6) is 0 Å². The summed E-state index contributed by atoms with van der Waals surface area (Å²) in [6, 6.07) is 9.55. The first kappa shape index (κ1) is 18.3. The molecule has 1 amide bonds. The number of rotatable bonds is 6. The van der Waals surface area contributed by atoms with Crippen LogP contribution in [-0.2, 0) is 16.0 Å². The Hall–Kier alpha value is -3.48. The fraction of sp³-hybridized carbons (Fsp3) is 0.100. The highest BCUT2D eigenvalue weighted by molar-refractivity contribution is 5.94. The second-order valence-electron chi connectivity index (χ2n) is 5.93. The lowest BCUT2D eigenvalue weighted by molar-refractivity contribution is -0.141. The van der Waals surface area contributed by atoms with Crippen molar-refractivity contribution in [3.63, 3.8) is 0 Å². The molecule has 27 heavy (non-hydrogen) atoms. The molecule has 0 fully saturated rings. The minimum absolute atomic E-state index is 0.0625. The van der Waals surface area contributed by atoms with Gasteiger partial charge in [0.2, 0.25) is 5.91 Å². The molecule has 3 rings (SSSR count). The van der Waals surface area contributed by atoms with E-state index >= 15 is 0 Å². The molecule has 1 heterocycles. The number of hydrogen-bond acceptors (Lipinski definition) is 2. The third kappa shape index (κ3) is 4.20. The van der Waals surface area contributed by atoms with E-state index in [9.17, 15) is 23.5 Å². The summed E-state index contributed by atoms with van der Waals surface area (Å²) in [6.07, 6.45) is 3.64. The number of carbonyl (C=O) groups is 2. The van der Waals surface area contributed by atoms with Gasteiger partial charge >= 0.3 is 5.97 Å². The van der Waals surface area contributed by atoms with E-state index in [4.69, 9.17) is 0 Å². The lowest BCUT2D eigenvalue weighted by Crippen LogP contribution is -2.41. The Bertz CT molecular complexity index is 1010. The number of aliphatic carboxylic acids is 1. The van der Waals surface area contributed by atoms with E-state index in [-0.39, 0.29) is 12.0 Å². The molecule has 0 saturated carbocycles. The Morgan fingerprint density at radius 3 is 2.52 bits per heavy atom. The van der Waals surface area contributed by atoms with Crippen LogP contribution >= 0.6 is 0 Å². The normalized spacial score (nSPS) is 12.4. The molecule has 1 aromatic heterocycles. The van der Waals surface area contributed by atoms with Gasteiger partial charge in [0, 0.05) is 35.2 Å². The average molecular weight is 370 g/mol. The number of amides is 1. The van der Waals surface area contributed by atoms with Crippen LogP contribution in [0.15, 0.2) is 54.7 Å². The number of benzene rings is 2. The van der Waals surface area contributed by atoms with Crippen LogP contribution in [-0.4, -0.2) is 28.0 Å². The Kier molecular flexibility index (Phi) is 5.30. The van der Waals surface area contributed by atoms with Gasteiger partial charge in [-0.15, -0.1) is 0 Å². The van der Waals surface area contributed by atoms with Crippen molar-refractivity contribution in [3.8, 4) is 0 Å². The maximum Gasteiger partial charge on any atom is 0.326 e. The van der Waals surface area contributed by atoms with Crippen LogP contribution in [0.1, 0.15) is 11.1 Å². The number of aromatic nitrogens is 1. The van der Waals surface area contributed by atoms with Crippen molar-refractivity contribution in [2.24, 2.45) is 0 Å². The van der Waals surface area contributed by atoms with Gasteiger partial charge in [0.15, 0.2) is 0 Å². The second-order valence-corrected chi connectivity index (χ2v) is 5.93. The second kappa shape index (κ2) is 7.82. The molecule has 1 atom stereocenters. The minimum Gasteiger partial charge on any atom is -0.480 e. The molecular weight excluding hydrogens is 354 g/mol. The topological polar surface area (TPSA) is 82.2 Å². The molecule has 2 aromatic carbocycles. The number of fused-ring (bicyclic) bond motifs is 1. The quantitative estimate of drug-likeness (QED) is 0.583. The van der Waals surface area contributed by atoms with Crippen molar-refractivity contribution < 1.29 is 23.5 Å². The van der Waals surface area contributed by atoms with Crippen molar-refractivity contribution in [2.75, 3.05) is 0 Å². The third-order valence-corrected chi connectivity index (χ3v) is 4.11. The summed E-state index contributed by atoms with van der Waals surface area (Å²) in [5.74, 6) is -3.59. The van der Waals surface area contributed by atoms with Gasteiger partial charge in [-0.25, -0.2) is 13.6 Å². The molecule has 0 radical (unpaired) electrons. The average Bonchev–Trinajstić information content (AvgIpc) is 3.04. The SMILES string of the molecule is O=C(C=Cc1c(F)cccc1F)N[C@@H](Cc1c[nH]c2ccccc12)C(=O)O. The summed E-state index contributed by atoms with van der Waals surface area (Å²) in [4.78, 5) is 26.6. The van der Waals surface area contributed by atoms with Gasteiger partial charge in [0.05, 0.1) is 0 Å². The molecule has 0 aliphatic heterocycles. The van der Waals surface area contributed by atoms with Gasteiger partial charge in [-0.2, -0.15) is 0 Å². The van der Waals surface area contributed by atoms with Crippen molar-refractivity contribution in [3.05, 3.63) is 77.5 Å². The summed E-state index contributed by atoms with van der Waals surface area (Å²) >= 11 is 0. The standard InChI is InChI=1S/C20H16F2N2O3/c21-15-5-3-6-16(22)14(15)8-9-19(25)24-18(20(26)27)10-12-11-23-17-7-2-1-4-13(12)17/h1-9,11,18,23H,10H2,(H,24,25)(H,26,27)/t18-/m0/s1. The molecule has 0 saturated heterocycles. The largest absolute Gasteiger partial charge is 0.480 e. The fourth-order valence-corrected chi connectivity index (χ4v) is 2.77. The predicted octanol–water partition coefficient (Wildman–Crippen LogP) is 3.27. The van der Waals surface area contributed by atoms with E-state index < -0.39 is 29.6 Å². The van der Waals surface area contributed by atoms with Crippen LogP contribution in [0.4, 0.5) is 8.78 Å². The fourth-order valence-electron chi connectivity index (χ4n) is 2.77. The highest BCUT2D eigenvalue weighted by atomic mass is 19.1.